The number of hydrogen-bond donors (Lipinski definition) is 0. The molecular formula is C17H11ClN4OS. The molecule has 0 amide bonds. The van der Waals surface area contributed by atoms with Gasteiger partial charge in [0.15, 0.2) is 0 Å². The van der Waals surface area contributed by atoms with Crippen molar-refractivity contribution in [1.82, 2.24) is 20.1 Å². The summed E-state index contributed by atoms with van der Waals surface area (Å²) in [6.45, 7) is 0. The minimum atomic E-state index is 0.543. The molecule has 0 aliphatic heterocycles. The highest BCUT2D eigenvalue weighted by Gasteiger charge is 2.11. The molecule has 24 heavy (non-hydrogen) atoms. The van der Waals surface area contributed by atoms with Gasteiger partial charge in [-0.1, -0.05) is 46.7 Å². The second-order valence-electron chi connectivity index (χ2n) is 5.00. The first-order valence-electron chi connectivity index (χ1n) is 7.21. The van der Waals surface area contributed by atoms with Crippen molar-refractivity contribution < 1.29 is 4.52 Å². The Bertz CT molecular complexity index is 982. The zero-order valence-corrected chi connectivity index (χ0v) is 14.0. The van der Waals surface area contributed by atoms with Gasteiger partial charge >= 0.3 is 0 Å². The van der Waals surface area contributed by atoms with Gasteiger partial charge in [0.1, 0.15) is 11.4 Å². The molecule has 2 aromatic heterocycles. The van der Waals surface area contributed by atoms with E-state index in [1.807, 2.05) is 36.4 Å². The average molecular weight is 355 g/mol. The van der Waals surface area contributed by atoms with Gasteiger partial charge in [0.25, 0.3) is 0 Å². The van der Waals surface area contributed by atoms with Crippen LogP contribution in [0.2, 0.25) is 5.02 Å². The van der Waals surface area contributed by atoms with Crippen LogP contribution >= 0.6 is 23.4 Å². The molecule has 0 bridgehead atoms. The largest absolute Gasteiger partial charge is 0.338 e. The van der Waals surface area contributed by atoms with Crippen LogP contribution < -0.4 is 0 Å². The maximum absolute atomic E-state index is 5.89. The molecule has 7 heteroatoms. The van der Waals surface area contributed by atoms with E-state index in [1.54, 1.807) is 30.2 Å². The summed E-state index contributed by atoms with van der Waals surface area (Å²) in [5, 5.41) is 6.60. The quantitative estimate of drug-likeness (QED) is 0.393. The molecule has 5 nitrogen and oxygen atoms in total. The Kier molecular flexibility index (Phi) is 4.15. The highest BCUT2D eigenvalue weighted by Crippen LogP contribution is 2.27. The third kappa shape index (κ3) is 3.11. The van der Waals surface area contributed by atoms with Gasteiger partial charge in [0, 0.05) is 16.0 Å². The molecule has 0 saturated carbocycles. The molecule has 2 aromatic carbocycles. The van der Waals surface area contributed by atoms with Gasteiger partial charge in [-0.05, 0) is 30.3 Å². The molecule has 0 aliphatic carbocycles. The molecular weight excluding hydrogens is 344 g/mol. The predicted octanol–water partition coefficient (Wildman–Crippen LogP) is 4.63. The fourth-order valence-corrected chi connectivity index (χ4v) is 3.21. The SMILES string of the molecule is Clc1ccc(-c2noc(CSc3ncnc4ccccc34)n2)cc1. The summed E-state index contributed by atoms with van der Waals surface area (Å²) in [7, 11) is 0. The van der Waals surface area contributed by atoms with Crippen molar-refractivity contribution in [2.45, 2.75) is 10.8 Å². The fourth-order valence-electron chi connectivity index (χ4n) is 2.25. The number of rotatable bonds is 4. The summed E-state index contributed by atoms with van der Waals surface area (Å²) in [4.78, 5) is 13.0. The maximum Gasteiger partial charge on any atom is 0.237 e. The van der Waals surface area contributed by atoms with E-state index in [-0.39, 0.29) is 0 Å². The van der Waals surface area contributed by atoms with Crippen molar-refractivity contribution in [3.63, 3.8) is 0 Å². The van der Waals surface area contributed by atoms with Gasteiger partial charge in [-0.25, -0.2) is 9.97 Å². The monoisotopic (exact) mass is 354 g/mol. The molecule has 0 atom stereocenters. The smallest absolute Gasteiger partial charge is 0.237 e. The minimum absolute atomic E-state index is 0.543. The molecule has 0 radical (unpaired) electrons. The zero-order valence-electron chi connectivity index (χ0n) is 12.4. The Hall–Kier alpha value is -2.44. The molecule has 4 rings (SSSR count). The van der Waals surface area contributed by atoms with E-state index in [0.717, 1.165) is 21.5 Å². The number of fused-ring (bicyclic) bond motifs is 1. The molecule has 0 aliphatic rings. The molecule has 2 heterocycles. The minimum Gasteiger partial charge on any atom is -0.338 e. The third-order valence-corrected chi connectivity index (χ3v) is 4.65. The van der Waals surface area contributed by atoms with Crippen molar-refractivity contribution in [2.24, 2.45) is 0 Å². The van der Waals surface area contributed by atoms with Crippen LogP contribution in [0, 0.1) is 0 Å². The van der Waals surface area contributed by atoms with Gasteiger partial charge in [-0.2, -0.15) is 4.98 Å². The second kappa shape index (κ2) is 6.59. The van der Waals surface area contributed by atoms with Gasteiger partial charge in [0.05, 0.1) is 11.3 Å². The van der Waals surface area contributed by atoms with E-state index in [9.17, 15) is 0 Å². The number of benzene rings is 2. The van der Waals surface area contributed by atoms with Crippen LogP contribution in [0.15, 0.2) is 64.4 Å². The van der Waals surface area contributed by atoms with E-state index < -0.39 is 0 Å². The number of halogens is 1. The summed E-state index contributed by atoms with van der Waals surface area (Å²) in [6.07, 6.45) is 1.57. The van der Waals surface area contributed by atoms with Crippen LogP contribution in [0.1, 0.15) is 5.89 Å². The topological polar surface area (TPSA) is 64.7 Å². The van der Waals surface area contributed by atoms with Crippen LogP contribution in [0.3, 0.4) is 0 Å². The Labute approximate surface area is 147 Å². The van der Waals surface area contributed by atoms with Crippen LogP contribution in [0.5, 0.6) is 0 Å². The van der Waals surface area contributed by atoms with Crippen molar-refractivity contribution in [3.8, 4) is 11.4 Å². The molecule has 0 N–H and O–H groups in total. The van der Waals surface area contributed by atoms with Crippen molar-refractivity contribution in [1.29, 1.82) is 0 Å². The fraction of sp³-hybridized carbons (Fsp3) is 0.0588. The van der Waals surface area contributed by atoms with Crippen LogP contribution in [0.25, 0.3) is 22.3 Å². The standard InChI is InChI=1S/C17H11ClN4OS/c18-12-7-5-11(6-8-12)16-21-15(23-22-16)9-24-17-13-3-1-2-4-14(13)19-10-20-17/h1-8,10H,9H2. The van der Waals surface area contributed by atoms with Gasteiger partial charge in [0.2, 0.25) is 11.7 Å². The second-order valence-corrected chi connectivity index (χ2v) is 6.40. The lowest BCUT2D eigenvalue weighted by atomic mass is 10.2. The number of thioether (sulfide) groups is 1. The van der Waals surface area contributed by atoms with Crippen molar-refractivity contribution in [2.75, 3.05) is 0 Å². The van der Waals surface area contributed by atoms with Gasteiger partial charge < -0.3 is 4.52 Å². The maximum atomic E-state index is 5.89. The first-order valence-corrected chi connectivity index (χ1v) is 8.57. The summed E-state index contributed by atoms with van der Waals surface area (Å²) in [5.74, 6) is 1.64. The predicted molar refractivity (Wildman–Crippen MR) is 93.8 cm³/mol. The van der Waals surface area contributed by atoms with E-state index in [0.29, 0.717) is 22.5 Å². The summed E-state index contributed by atoms with van der Waals surface area (Å²) >= 11 is 7.44. The highest BCUT2D eigenvalue weighted by atomic mass is 35.5. The Balaban J connectivity index is 1.53. The van der Waals surface area contributed by atoms with Gasteiger partial charge in [-0.3, -0.25) is 0 Å². The molecule has 0 unspecified atom stereocenters. The first kappa shape index (κ1) is 15.1. The summed E-state index contributed by atoms with van der Waals surface area (Å²) in [5.41, 5.74) is 1.79. The first-order chi connectivity index (χ1) is 11.8. The van der Waals surface area contributed by atoms with E-state index >= 15 is 0 Å². The Morgan fingerprint density at radius 2 is 1.83 bits per heavy atom. The van der Waals surface area contributed by atoms with Crippen molar-refractivity contribution >= 4 is 34.3 Å². The lowest BCUT2D eigenvalue weighted by Crippen LogP contribution is -1.88. The lowest BCUT2D eigenvalue weighted by Gasteiger charge is -2.02. The lowest BCUT2D eigenvalue weighted by molar-refractivity contribution is 0.391. The number of nitrogens with zero attached hydrogens (tertiary/aromatic N) is 4. The summed E-state index contributed by atoms with van der Waals surface area (Å²) < 4.78 is 5.32. The summed E-state index contributed by atoms with van der Waals surface area (Å²) in [6, 6.07) is 15.2. The van der Waals surface area contributed by atoms with Crippen LogP contribution in [-0.2, 0) is 5.75 Å². The Morgan fingerprint density at radius 3 is 2.71 bits per heavy atom. The number of hydrogen-bond acceptors (Lipinski definition) is 6. The molecule has 0 fully saturated rings. The van der Waals surface area contributed by atoms with E-state index in [1.165, 1.54) is 0 Å². The zero-order chi connectivity index (χ0) is 16.4. The van der Waals surface area contributed by atoms with Crippen LogP contribution in [0.4, 0.5) is 0 Å². The highest BCUT2D eigenvalue weighted by molar-refractivity contribution is 7.98. The van der Waals surface area contributed by atoms with E-state index in [4.69, 9.17) is 16.1 Å². The molecule has 0 spiro atoms. The van der Waals surface area contributed by atoms with Gasteiger partial charge in [-0.15, -0.1) is 0 Å². The molecule has 0 saturated heterocycles. The molecule has 118 valence electrons. The normalized spacial score (nSPS) is 11.0. The number of aromatic nitrogens is 4. The Morgan fingerprint density at radius 1 is 1.00 bits per heavy atom. The number of para-hydroxylation sites is 1. The van der Waals surface area contributed by atoms with Crippen LogP contribution in [-0.4, -0.2) is 20.1 Å². The molecule has 4 aromatic rings. The van der Waals surface area contributed by atoms with Crippen molar-refractivity contribution in [3.05, 3.63) is 65.8 Å². The van der Waals surface area contributed by atoms with E-state index in [2.05, 4.69) is 20.1 Å². The average Bonchev–Trinajstić information content (AvgIpc) is 3.09. The third-order valence-electron chi connectivity index (χ3n) is 3.41.